The maximum absolute atomic E-state index is 12.4. The highest BCUT2D eigenvalue weighted by Gasteiger charge is 2.23. The molecule has 0 saturated heterocycles. The highest BCUT2D eigenvalue weighted by molar-refractivity contribution is 7.15. The summed E-state index contributed by atoms with van der Waals surface area (Å²) in [6.07, 6.45) is 2.30. The van der Waals surface area contributed by atoms with Gasteiger partial charge in [0.2, 0.25) is 11.8 Å². The molecule has 1 aromatic heterocycles. The Balaban J connectivity index is 2.05. The van der Waals surface area contributed by atoms with Crippen LogP contribution in [0.2, 0.25) is 10.0 Å². The summed E-state index contributed by atoms with van der Waals surface area (Å²) in [7, 11) is 0. The van der Waals surface area contributed by atoms with Gasteiger partial charge >= 0.3 is 0 Å². The van der Waals surface area contributed by atoms with Crippen LogP contribution in [0.3, 0.4) is 0 Å². The summed E-state index contributed by atoms with van der Waals surface area (Å²) in [5, 5.41) is 7.08. The zero-order valence-corrected chi connectivity index (χ0v) is 16.4. The summed E-state index contributed by atoms with van der Waals surface area (Å²) < 4.78 is 0. The largest absolute Gasteiger partial charge is 0.344 e. The van der Waals surface area contributed by atoms with Crippen molar-refractivity contribution in [3.05, 3.63) is 44.9 Å². The summed E-state index contributed by atoms with van der Waals surface area (Å²) in [6.45, 7) is 5.13. The predicted molar refractivity (Wildman–Crippen MR) is 102 cm³/mol. The van der Waals surface area contributed by atoms with E-state index in [1.54, 1.807) is 18.3 Å². The molecule has 2 aromatic rings. The average Bonchev–Trinajstić information content (AvgIpc) is 2.94. The van der Waals surface area contributed by atoms with Crippen molar-refractivity contribution in [2.75, 3.05) is 5.32 Å². The molecule has 25 heavy (non-hydrogen) atoms. The van der Waals surface area contributed by atoms with Crippen LogP contribution in [0.1, 0.15) is 31.2 Å². The van der Waals surface area contributed by atoms with E-state index in [4.69, 9.17) is 23.2 Å². The second-order valence-electron chi connectivity index (χ2n) is 5.96. The third kappa shape index (κ3) is 5.70. The Bertz CT molecular complexity index is 777. The molecule has 0 saturated carbocycles. The molecule has 2 rings (SSSR count). The van der Waals surface area contributed by atoms with Crippen molar-refractivity contribution in [2.45, 2.75) is 33.2 Å². The van der Waals surface area contributed by atoms with Gasteiger partial charge < -0.3 is 10.6 Å². The maximum atomic E-state index is 12.4. The van der Waals surface area contributed by atoms with Crippen molar-refractivity contribution >= 4 is 51.5 Å². The van der Waals surface area contributed by atoms with E-state index in [9.17, 15) is 9.59 Å². The van der Waals surface area contributed by atoms with E-state index in [0.717, 1.165) is 10.4 Å². The van der Waals surface area contributed by atoms with E-state index >= 15 is 0 Å². The number of halogens is 2. The van der Waals surface area contributed by atoms with Gasteiger partial charge in [-0.3, -0.25) is 9.59 Å². The molecule has 0 aliphatic rings. The number of amides is 2. The van der Waals surface area contributed by atoms with Gasteiger partial charge in [-0.2, -0.15) is 0 Å². The average molecular weight is 400 g/mol. The number of hydrogen-bond donors (Lipinski definition) is 2. The van der Waals surface area contributed by atoms with E-state index in [0.29, 0.717) is 21.6 Å². The topological polar surface area (TPSA) is 71.1 Å². The van der Waals surface area contributed by atoms with Gasteiger partial charge in [0.05, 0.1) is 0 Å². The molecule has 0 aliphatic carbocycles. The first-order valence-corrected chi connectivity index (χ1v) is 9.30. The van der Waals surface area contributed by atoms with Crippen molar-refractivity contribution in [3.8, 4) is 0 Å². The van der Waals surface area contributed by atoms with Crippen LogP contribution in [0.5, 0.6) is 0 Å². The fourth-order valence-electron chi connectivity index (χ4n) is 2.24. The van der Waals surface area contributed by atoms with Crippen molar-refractivity contribution in [2.24, 2.45) is 5.92 Å². The molecule has 134 valence electrons. The van der Waals surface area contributed by atoms with E-state index in [-0.39, 0.29) is 17.7 Å². The molecule has 2 amide bonds. The molecule has 0 fully saturated rings. The number of nitrogens with one attached hydrogen (secondary N) is 2. The van der Waals surface area contributed by atoms with Gasteiger partial charge in [0, 0.05) is 34.5 Å². The number of hydrogen-bond acceptors (Lipinski definition) is 4. The number of aromatic nitrogens is 1. The Morgan fingerprint density at radius 2 is 2.00 bits per heavy atom. The lowest BCUT2D eigenvalue weighted by molar-refractivity contribution is -0.126. The predicted octanol–water partition coefficient (Wildman–Crippen LogP) is 4.14. The molecule has 2 N–H and O–H groups in total. The third-order valence-corrected chi connectivity index (χ3v) is 4.97. The molecule has 1 atom stereocenters. The van der Waals surface area contributed by atoms with Crippen LogP contribution in [0.25, 0.3) is 0 Å². The lowest BCUT2D eigenvalue weighted by Gasteiger charge is -2.20. The molecular weight excluding hydrogens is 381 g/mol. The van der Waals surface area contributed by atoms with Gasteiger partial charge in [-0.25, -0.2) is 4.98 Å². The van der Waals surface area contributed by atoms with E-state index in [2.05, 4.69) is 15.6 Å². The van der Waals surface area contributed by atoms with Crippen LogP contribution in [-0.4, -0.2) is 22.8 Å². The number of carbonyl (C=O) groups is 2. The van der Waals surface area contributed by atoms with Crippen molar-refractivity contribution in [1.29, 1.82) is 0 Å². The van der Waals surface area contributed by atoms with Crippen LogP contribution in [-0.2, 0) is 16.0 Å². The summed E-state index contributed by atoms with van der Waals surface area (Å²) in [5.41, 5.74) is 0.936. The highest BCUT2D eigenvalue weighted by atomic mass is 35.5. The minimum Gasteiger partial charge on any atom is -0.344 e. The highest BCUT2D eigenvalue weighted by Crippen LogP contribution is 2.27. The van der Waals surface area contributed by atoms with Crippen LogP contribution >= 0.6 is 34.5 Å². The molecule has 0 bridgehead atoms. The smallest absolute Gasteiger partial charge is 0.248 e. The Kier molecular flexibility index (Phi) is 6.81. The molecule has 0 unspecified atom stereocenters. The summed E-state index contributed by atoms with van der Waals surface area (Å²) in [5.74, 6) is -0.558. The third-order valence-electron chi connectivity index (χ3n) is 3.47. The Labute approximate surface area is 160 Å². The molecule has 8 heteroatoms. The van der Waals surface area contributed by atoms with Gasteiger partial charge in [0.15, 0.2) is 5.13 Å². The van der Waals surface area contributed by atoms with Gasteiger partial charge in [0.1, 0.15) is 6.04 Å². The molecule has 5 nitrogen and oxygen atoms in total. The summed E-state index contributed by atoms with van der Waals surface area (Å²) in [4.78, 5) is 28.8. The van der Waals surface area contributed by atoms with Crippen LogP contribution in [0.4, 0.5) is 5.13 Å². The van der Waals surface area contributed by atoms with E-state index in [1.165, 1.54) is 18.3 Å². The molecule has 0 radical (unpaired) electrons. The van der Waals surface area contributed by atoms with Crippen LogP contribution in [0.15, 0.2) is 24.4 Å². The Morgan fingerprint density at radius 1 is 1.28 bits per heavy atom. The van der Waals surface area contributed by atoms with Gasteiger partial charge in [-0.15, -0.1) is 11.3 Å². The molecule has 1 aromatic carbocycles. The lowest BCUT2D eigenvalue weighted by Crippen LogP contribution is -2.46. The second kappa shape index (κ2) is 8.65. The van der Waals surface area contributed by atoms with Gasteiger partial charge in [-0.1, -0.05) is 43.1 Å². The normalized spacial score (nSPS) is 12.1. The van der Waals surface area contributed by atoms with Crippen molar-refractivity contribution < 1.29 is 9.59 Å². The monoisotopic (exact) mass is 399 g/mol. The zero-order valence-electron chi connectivity index (χ0n) is 14.1. The first kappa shape index (κ1) is 19.7. The van der Waals surface area contributed by atoms with Crippen LogP contribution < -0.4 is 10.6 Å². The number of benzene rings is 1. The molecule has 0 aliphatic heterocycles. The lowest BCUT2D eigenvalue weighted by atomic mass is 10.0. The first-order chi connectivity index (χ1) is 11.8. The quantitative estimate of drug-likeness (QED) is 0.766. The second-order valence-corrected chi connectivity index (χ2v) is 7.91. The fraction of sp³-hybridized carbons (Fsp3) is 0.353. The molecule has 1 heterocycles. The van der Waals surface area contributed by atoms with Crippen molar-refractivity contribution in [3.63, 3.8) is 0 Å². The fourth-order valence-corrected chi connectivity index (χ4v) is 3.55. The number of carbonyl (C=O) groups excluding carboxylic acids is 2. The SMILES string of the molecule is CC(=O)N[C@@H](C(=O)Nc1ncc(Cc2ccc(Cl)cc2Cl)s1)C(C)C. The number of thiazole rings is 1. The zero-order chi connectivity index (χ0) is 18.6. The van der Waals surface area contributed by atoms with Gasteiger partial charge in [0.25, 0.3) is 0 Å². The number of nitrogens with zero attached hydrogens (tertiary/aromatic N) is 1. The minimum atomic E-state index is -0.601. The standard InChI is InChI=1S/C17H19Cl2N3O2S/c1-9(2)15(21-10(3)23)16(24)22-17-20-8-13(25-17)6-11-4-5-12(18)7-14(11)19/h4-5,7-9,15H,6H2,1-3H3,(H,21,23)(H,20,22,24)/t15-/m1/s1. The number of anilines is 1. The van der Waals surface area contributed by atoms with Crippen LogP contribution in [0, 0.1) is 5.92 Å². The van der Waals surface area contributed by atoms with Crippen molar-refractivity contribution in [1.82, 2.24) is 10.3 Å². The first-order valence-electron chi connectivity index (χ1n) is 7.73. The summed E-state index contributed by atoms with van der Waals surface area (Å²) in [6, 6.07) is 4.75. The molecular formula is C17H19Cl2N3O2S. The Morgan fingerprint density at radius 3 is 2.60 bits per heavy atom. The maximum Gasteiger partial charge on any atom is 0.248 e. The van der Waals surface area contributed by atoms with E-state index < -0.39 is 6.04 Å². The number of rotatable bonds is 6. The molecule has 0 spiro atoms. The van der Waals surface area contributed by atoms with E-state index in [1.807, 2.05) is 19.9 Å². The Hall–Kier alpha value is -1.63. The minimum absolute atomic E-state index is 0.0313. The summed E-state index contributed by atoms with van der Waals surface area (Å²) >= 11 is 13.5. The van der Waals surface area contributed by atoms with Gasteiger partial charge in [-0.05, 0) is 23.6 Å².